The molecule has 3 aromatic rings. The molecule has 4 rings (SSSR count). The number of benzene rings is 2. The van der Waals surface area contributed by atoms with Crippen LogP contribution in [0.3, 0.4) is 0 Å². The molecule has 0 bridgehead atoms. The molecular formula is C20H15F2N3O2. The Morgan fingerprint density at radius 3 is 2.00 bits per heavy atom. The molecule has 136 valence electrons. The molecule has 0 spiro atoms. The first-order valence-corrected chi connectivity index (χ1v) is 8.30. The summed E-state index contributed by atoms with van der Waals surface area (Å²) < 4.78 is 27.0. The van der Waals surface area contributed by atoms with E-state index in [0.29, 0.717) is 33.8 Å². The van der Waals surface area contributed by atoms with E-state index in [-0.39, 0.29) is 5.56 Å². The normalized spacial score (nSPS) is 13.6. The van der Waals surface area contributed by atoms with E-state index in [2.05, 4.69) is 5.10 Å². The summed E-state index contributed by atoms with van der Waals surface area (Å²) in [5.41, 5.74) is 2.42. The number of nitrogens with zero attached hydrogens (tertiary/aromatic N) is 3. The van der Waals surface area contributed by atoms with Gasteiger partial charge < -0.3 is 0 Å². The fraction of sp³-hybridized carbons (Fsp3) is 0.150. The number of hydrogen-bond acceptors (Lipinski definition) is 3. The third-order valence-corrected chi connectivity index (χ3v) is 4.69. The van der Waals surface area contributed by atoms with Gasteiger partial charge in [-0.05, 0) is 19.1 Å². The van der Waals surface area contributed by atoms with E-state index < -0.39 is 18.2 Å². The number of alkyl halides is 2. The molecule has 0 N–H and O–H groups in total. The Balaban J connectivity index is 1.78. The van der Waals surface area contributed by atoms with Crippen LogP contribution in [0, 0.1) is 6.92 Å². The average molecular weight is 367 g/mol. The maximum Gasteiger partial charge on any atom is 0.267 e. The number of carbonyl (C=O) groups excluding carboxylic acids is 2. The summed E-state index contributed by atoms with van der Waals surface area (Å²) in [6, 6.07) is 12.5. The Labute approximate surface area is 153 Å². The van der Waals surface area contributed by atoms with Crippen LogP contribution in [-0.4, -0.2) is 21.6 Å². The van der Waals surface area contributed by atoms with Crippen molar-refractivity contribution < 1.29 is 18.4 Å². The number of halogens is 2. The van der Waals surface area contributed by atoms with Crippen LogP contribution in [-0.2, 0) is 7.05 Å². The minimum absolute atomic E-state index is 0.0760. The van der Waals surface area contributed by atoms with E-state index in [1.807, 2.05) is 0 Å². The van der Waals surface area contributed by atoms with Gasteiger partial charge in [-0.25, -0.2) is 13.7 Å². The van der Waals surface area contributed by atoms with Crippen molar-refractivity contribution >= 4 is 17.6 Å². The summed E-state index contributed by atoms with van der Waals surface area (Å²) in [4.78, 5) is 26.6. The number of aromatic nitrogens is 2. The number of hydrogen-bond donors (Lipinski definition) is 0. The van der Waals surface area contributed by atoms with Crippen molar-refractivity contribution in [2.45, 2.75) is 13.3 Å². The van der Waals surface area contributed by atoms with Gasteiger partial charge in [0.2, 0.25) is 0 Å². The van der Waals surface area contributed by atoms with Crippen molar-refractivity contribution in [3.8, 4) is 11.3 Å². The lowest BCUT2D eigenvalue weighted by molar-refractivity contribution is 0.0923. The van der Waals surface area contributed by atoms with E-state index in [0.717, 1.165) is 4.90 Å². The molecule has 2 aromatic carbocycles. The number of fused-ring (bicyclic) bond motifs is 1. The second-order valence-electron chi connectivity index (χ2n) is 6.33. The molecule has 1 aliphatic rings. The summed E-state index contributed by atoms with van der Waals surface area (Å²) in [5.74, 6) is -0.434. The summed E-state index contributed by atoms with van der Waals surface area (Å²) in [6.07, 6.45) is -2.54. The van der Waals surface area contributed by atoms with Gasteiger partial charge in [0.15, 0.2) is 0 Å². The van der Waals surface area contributed by atoms with Crippen LogP contribution in [0.5, 0.6) is 0 Å². The molecule has 2 amide bonds. The van der Waals surface area contributed by atoms with Gasteiger partial charge in [0, 0.05) is 23.7 Å². The second-order valence-corrected chi connectivity index (χ2v) is 6.33. The van der Waals surface area contributed by atoms with Crippen molar-refractivity contribution in [3.05, 3.63) is 70.8 Å². The van der Waals surface area contributed by atoms with E-state index in [1.54, 1.807) is 50.4 Å². The summed E-state index contributed by atoms with van der Waals surface area (Å²) in [6.45, 7) is 1.75. The smallest absolute Gasteiger partial charge is 0.267 e. The maximum absolute atomic E-state index is 12.8. The minimum Gasteiger partial charge on any atom is -0.268 e. The van der Waals surface area contributed by atoms with Gasteiger partial charge in [-0.1, -0.05) is 36.4 Å². The maximum atomic E-state index is 12.8. The molecule has 0 unspecified atom stereocenters. The number of amides is 2. The summed E-state index contributed by atoms with van der Waals surface area (Å²) >= 11 is 0. The van der Waals surface area contributed by atoms with Gasteiger partial charge in [-0.3, -0.25) is 14.3 Å². The number of rotatable bonds is 3. The molecule has 0 fully saturated rings. The van der Waals surface area contributed by atoms with Gasteiger partial charge in [-0.15, -0.1) is 0 Å². The van der Waals surface area contributed by atoms with Gasteiger partial charge in [0.05, 0.1) is 16.8 Å². The van der Waals surface area contributed by atoms with Crippen molar-refractivity contribution in [2.24, 2.45) is 7.05 Å². The van der Waals surface area contributed by atoms with Gasteiger partial charge in [0.1, 0.15) is 5.82 Å². The number of imide groups is 1. The topological polar surface area (TPSA) is 55.2 Å². The van der Waals surface area contributed by atoms with Gasteiger partial charge in [0.25, 0.3) is 18.2 Å². The number of carbonyl (C=O) groups is 2. The van der Waals surface area contributed by atoms with Crippen molar-refractivity contribution in [2.75, 3.05) is 4.90 Å². The first kappa shape index (κ1) is 17.1. The third kappa shape index (κ3) is 2.54. The van der Waals surface area contributed by atoms with Gasteiger partial charge >= 0.3 is 0 Å². The largest absolute Gasteiger partial charge is 0.268 e. The van der Waals surface area contributed by atoms with Gasteiger partial charge in [-0.2, -0.15) is 5.10 Å². The molecule has 0 atom stereocenters. The first-order valence-electron chi connectivity index (χ1n) is 8.30. The predicted molar refractivity (Wildman–Crippen MR) is 95.9 cm³/mol. The fourth-order valence-electron chi connectivity index (χ4n) is 3.38. The zero-order valence-corrected chi connectivity index (χ0v) is 14.6. The van der Waals surface area contributed by atoms with Crippen LogP contribution in [0.1, 0.15) is 38.3 Å². The average Bonchev–Trinajstić information content (AvgIpc) is 3.09. The molecule has 1 aromatic heterocycles. The molecule has 2 heterocycles. The number of anilines is 1. The lowest BCUT2D eigenvalue weighted by Crippen LogP contribution is -2.31. The van der Waals surface area contributed by atoms with Crippen LogP contribution in [0.15, 0.2) is 48.5 Å². The Morgan fingerprint density at radius 2 is 1.48 bits per heavy atom. The fourth-order valence-corrected chi connectivity index (χ4v) is 3.38. The minimum atomic E-state index is -2.54. The highest BCUT2D eigenvalue weighted by molar-refractivity contribution is 6.34. The molecule has 0 saturated heterocycles. The highest BCUT2D eigenvalue weighted by Crippen LogP contribution is 2.35. The Kier molecular flexibility index (Phi) is 3.87. The third-order valence-electron chi connectivity index (χ3n) is 4.69. The molecule has 1 aliphatic heterocycles. The van der Waals surface area contributed by atoms with Crippen LogP contribution in [0.4, 0.5) is 14.6 Å². The van der Waals surface area contributed by atoms with E-state index in [9.17, 15) is 18.4 Å². The molecule has 5 nitrogen and oxygen atoms in total. The quantitative estimate of drug-likeness (QED) is 0.654. The summed E-state index contributed by atoms with van der Waals surface area (Å²) in [7, 11) is 1.64. The standard InChI is InChI=1S/C20H15F2N3O2/c1-11-16(12-7-9-13(10-8-12)17(21)22)23-24(2)18(11)25-19(26)14-5-3-4-6-15(14)20(25)27/h3-10,17H,1-2H3. The number of aryl methyl sites for hydroxylation is 1. The Morgan fingerprint density at radius 1 is 0.926 bits per heavy atom. The molecular weight excluding hydrogens is 352 g/mol. The van der Waals surface area contributed by atoms with Crippen LogP contribution < -0.4 is 4.90 Å². The zero-order valence-electron chi connectivity index (χ0n) is 14.6. The predicted octanol–water partition coefficient (Wildman–Crippen LogP) is 4.13. The molecule has 0 aliphatic carbocycles. The lowest BCUT2D eigenvalue weighted by atomic mass is 10.1. The van der Waals surface area contributed by atoms with Crippen molar-refractivity contribution in [3.63, 3.8) is 0 Å². The zero-order chi connectivity index (χ0) is 19.3. The lowest BCUT2D eigenvalue weighted by Gasteiger charge is -2.15. The van der Waals surface area contributed by atoms with Crippen LogP contribution in [0.25, 0.3) is 11.3 Å². The van der Waals surface area contributed by atoms with Crippen molar-refractivity contribution in [1.82, 2.24) is 9.78 Å². The first-order chi connectivity index (χ1) is 12.9. The summed E-state index contributed by atoms with van der Waals surface area (Å²) in [5, 5.41) is 4.41. The van der Waals surface area contributed by atoms with E-state index >= 15 is 0 Å². The van der Waals surface area contributed by atoms with Crippen molar-refractivity contribution in [1.29, 1.82) is 0 Å². The van der Waals surface area contributed by atoms with E-state index in [4.69, 9.17) is 0 Å². The molecule has 7 heteroatoms. The second kappa shape index (κ2) is 6.12. The molecule has 0 saturated carbocycles. The highest BCUT2D eigenvalue weighted by Gasteiger charge is 2.39. The molecule has 27 heavy (non-hydrogen) atoms. The highest BCUT2D eigenvalue weighted by atomic mass is 19.3. The molecule has 0 radical (unpaired) electrons. The Hall–Kier alpha value is -3.35. The van der Waals surface area contributed by atoms with E-state index in [1.165, 1.54) is 16.8 Å². The SMILES string of the molecule is Cc1c(-c2ccc(C(F)F)cc2)nn(C)c1N1C(=O)c2ccccc2C1=O. The van der Waals surface area contributed by atoms with Crippen LogP contribution >= 0.6 is 0 Å². The van der Waals surface area contributed by atoms with Crippen LogP contribution in [0.2, 0.25) is 0 Å². The Bertz CT molecular complexity index is 1040. The monoisotopic (exact) mass is 367 g/mol.